The van der Waals surface area contributed by atoms with Crippen LogP contribution in [0.4, 0.5) is 26.3 Å². The lowest BCUT2D eigenvalue weighted by Gasteiger charge is -2.45. The monoisotopic (exact) mass is 578 g/mol. The number of carboxylic acids is 2. The largest absolute Gasteiger partial charge is 0.490 e. The Morgan fingerprint density at radius 3 is 1.65 bits per heavy atom. The molecule has 0 atom stereocenters. The number of carbonyl (C=O) groups excluding carboxylic acids is 2. The molecule has 2 N–H and O–H groups in total. The van der Waals surface area contributed by atoms with E-state index >= 15 is 0 Å². The summed E-state index contributed by atoms with van der Waals surface area (Å²) in [6, 6.07) is 7.42. The van der Waals surface area contributed by atoms with Gasteiger partial charge in [-0.2, -0.15) is 26.3 Å². The van der Waals surface area contributed by atoms with E-state index in [9.17, 15) is 35.9 Å². The minimum Gasteiger partial charge on any atom is -0.475 e. The Morgan fingerprint density at radius 1 is 0.800 bits per heavy atom. The minimum absolute atomic E-state index is 0.0484. The molecule has 0 aromatic carbocycles. The Bertz CT molecular complexity index is 1150. The maximum Gasteiger partial charge on any atom is 0.490 e. The van der Waals surface area contributed by atoms with Gasteiger partial charge in [0.05, 0.1) is 0 Å². The third-order valence-corrected chi connectivity index (χ3v) is 6.16. The predicted molar refractivity (Wildman–Crippen MR) is 124 cm³/mol. The number of aromatic nitrogens is 2. The zero-order valence-electron chi connectivity index (χ0n) is 20.7. The summed E-state index contributed by atoms with van der Waals surface area (Å²) in [7, 11) is 0. The van der Waals surface area contributed by atoms with Gasteiger partial charge in [0, 0.05) is 61.9 Å². The number of halogens is 6. The number of carboxylic acid groups (broad SMARTS) is 2. The molecule has 2 aromatic heterocycles. The zero-order valence-corrected chi connectivity index (χ0v) is 20.7. The van der Waals surface area contributed by atoms with Crippen molar-refractivity contribution in [3.63, 3.8) is 0 Å². The summed E-state index contributed by atoms with van der Waals surface area (Å²) >= 11 is 0. The number of hydrogen-bond donors (Lipinski definition) is 2. The van der Waals surface area contributed by atoms with Crippen molar-refractivity contribution in [2.75, 3.05) is 13.1 Å². The number of pyridine rings is 2. The number of likely N-dealkylation sites (tertiary alicyclic amines) is 2. The van der Waals surface area contributed by atoms with Crippen LogP contribution in [0.1, 0.15) is 41.6 Å². The Kier molecular flexibility index (Phi) is 10.6. The third kappa shape index (κ3) is 8.91. The summed E-state index contributed by atoms with van der Waals surface area (Å²) in [5.41, 5.74) is 1.66. The van der Waals surface area contributed by atoms with Gasteiger partial charge in [0.15, 0.2) is 0 Å². The van der Waals surface area contributed by atoms with E-state index in [0.717, 1.165) is 24.8 Å². The molecule has 0 saturated carbocycles. The molecule has 0 aliphatic carbocycles. The van der Waals surface area contributed by atoms with Gasteiger partial charge in [-0.05, 0) is 49.1 Å². The van der Waals surface area contributed by atoms with Crippen molar-refractivity contribution >= 4 is 23.8 Å². The molecule has 2 aliphatic rings. The normalized spacial score (nSPS) is 16.4. The molecule has 218 valence electrons. The van der Waals surface area contributed by atoms with Crippen LogP contribution in [0.5, 0.6) is 0 Å². The fourth-order valence-electron chi connectivity index (χ4n) is 4.12. The molecule has 0 radical (unpaired) electrons. The van der Waals surface area contributed by atoms with Gasteiger partial charge < -0.3 is 20.0 Å². The van der Waals surface area contributed by atoms with Crippen molar-refractivity contribution in [1.29, 1.82) is 0 Å². The Balaban J connectivity index is 0.000000333. The van der Waals surface area contributed by atoms with Gasteiger partial charge in [0.25, 0.3) is 5.91 Å². The van der Waals surface area contributed by atoms with Crippen LogP contribution in [-0.4, -0.2) is 84.7 Å². The molecule has 0 unspecified atom stereocenters. The molecule has 40 heavy (non-hydrogen) atoms. The van der Waals surface area contributed by atoms with Crippen molar-refractivity contribution in [3.8, 4) is 0 Å². The first-order valence-electron chi connectivity index (χ1n) is 11.6. The summed E-state index contributed by atoms with van der Waals surface area (Å²) in [5.74, 6) is -5.25. The van der Waals surface area contributed by atoms with Crippen LogP contribution < -0.4 is 0 Å². The predicted octanol–water partition coefficient (Wildman–Crippen LogP) is 3.54. The number of aliphatic carboxylic acids is 2. The summed E-state index contributed by atoms with van der Waals surface area (Å²) < 4.78 is 63.5. The number of amides is 2. The second-order valence-electron chi connectivity index (χ2n) is 8.69. The number of nitrogens with zero attached hydrogens (tertiary/aromatic N) is 4. The lowest BCUT2D eigenvalue weighted by molar-refractivity contribution is -0.193. The molecule has 0 bridgehead atoms. The maximum atomic E-state index is 12.7. The van der Waals surface area contributed by atoms with E-state index < -0.39 is 24.3 Å². The molecular weight excluding hydrogens is 554 g/mol. The van der Waals surface area contributed by atoms with Gasteiger partial charge in [-0.1, -0.05) is 0 Å². The molecule has 2 amide bonds. The summed E-state index contributed by atoms with van der Waals surface area (Å²) in [4.78, 5) is 54.9. The van der Waals surface area contributed by atoms with E-state index in [2.05, 4.69) is 9.97 Å². The van der Waals surface area contributed by atoms with E-state index in [1.807, 2.05) is 21.9 Å². The summed E-state index contributed by atoms with van der Waals surface area (Å²) in [6.07, 6.45) is -0.203. The highest BCUT2D eigenvalue weighted by Crippen LogP contribution is 2.40. The van der Waals surface area contributed by atoms with Crippen LogP contribution in [0.2, 0.25) is 0 Å². The smallest absolute Gasteiger partial charge is 0.475 e. The molecular formula is C24H24F6N4O6. The van der Waals surface area contributed by atoms with E-state index in [0.29, 0.717) is 31.6 Å². The van der Waals surface area contributed by atoms with Gasteiger partial charge in [-0.25, -0.2) is 9.59 Å². The van der Waals surface area contributed by atoms with Crippen LogP contribution in [0, 0.1) is 0 Å². The summed E-state index contributed by atoms with van der Waals surface area (Å²) in [6.45, 7) is 1.99. The second-order valence-corrected chi connectivity index (χ2v) is 8.69. The van der Waals surface area contributed by atoms with Crippen LogP contribution in [-0.2, 0) is 20.9 Å². The number of piperidine rings is 1. The molecule has 2 aromatic rings. The first-order chi connectivity index (χ1) is 18.6. The van der Waals surface area contributed by atoms with Crippen molar-refractivity contribution in [3.05, 3.63) is 60.2 Å². The van der Waals surface area contributed by atoms with E-state index in [4.69, 9.17) is 19.8 Å². The topological polar surface area (TPSA) is 141 Å². The average molecular weight is 578 g/mol. The fourth-order valence-corrected chi connectivity index (χ4v) is 4.12. The molecule has 2 fully saturated rings. The van der Waals surface area contributed by atoms with E-state index in [1.54, 1.807) is 36.9 Å². The third-order valence-electron chi connectivity index (χ3n) is 6.16. The van der Waals surface area contributed by atoms with Gasteiger partial charge >= 0.3 is 24.3 Å². The van der Waals surface area contributed by atoms with Crippen molar-refractivity contribution in [1.82, 2.24) is 19.8 Å². The highest BCUT2D eigenvalue weighted by Gasteiger charge is 2.47. The van der Waals surface area contributed by atoms with Gasteiger partial charge in [-0.3, -0.25) is 19.6 Å². The SMILES string of the molecule is O=C(O)C(F)(F)F.O=C(O)C(F)(F)F.O=C(c1ccncc1)N1CCC2(CCC(=O)N2Cc2ccncc2)CC1. The average Bonchev–Trinajstić information content (AvgIpc) is 3.19. The summed E-state index contributed by atoms with van der Waals surface area (Å²) in [5, 5.41) is 14.2. The van der Waals surface area contributed by atoms with Crippen LogP contribution in [0.15, 0.2) is 49.1 Å². The highest BCUT2D eigenvalue weighted by molar-refractivity contribution is 5.94. The van der Waals surface area contributed by atoms with Gasteiger partial charge in [0.1, 0.15) is 0 Å². The Morgan fingerprint density at radius 2 is 1.23 bits per heavy atom. The second kappa shape index (κ2) is 13.2. The number of hydrogen-bond acceptors (Lipinski definition) is 6. The quantitative estimate of drug-likeness (QED) is 0.527. The zero-order chi connectivity index (χ0) is 30.1. The van der Waals surface area contributed by atoms with Crippen molar-refractivity contribution in [2.24, 2.45) is 0 Å². The molecule has 2 saturated heterocycles. The Hall–Kier alpha value is -4.24. The molecule has 16 heteroatoms. The fraction of sp³-hybridized carbons (Fsp3) is 0.417. The van der Waals surface area contributed by atoms with Crippen molar-refractivity contribution < 1.29 is 55.7 Å². The number of carbonyl (C=O) groups is 4. The lowest BCUT2D eigenvalue weighted by Crippen LogP contribution is -2.53. The first kappa shape index (κ1) is 32.0. The molecule has 4 rings (SSSR count). The standard InChI is InChI=1S/C20H22N4O2.2C2HF3O2/c25-18-1-6-20(24(18)15-16-2-9-21-10-3-16)7-13-23(14-8-20)19(26)17-4-11-22-12-5-17;2*3-2(4,5)1(6)7/h2-5,9-12H,1,6-8,13-15H2;2*(H,6,7). The van der Waals surface area contributed by atoms with Gasteiger partial charge in [0.2, 0.25) is 5.91 Å². The number of alkyl halides is 6. The molecule has 10 nitrogen and oxygen atoms in total. The van der Waals surface area contributed by atoms with Crippen molar-refractivity contribution in [2.45, 2.75) is 50.1 Å². The lowest BCUT2D eigenvalue weighted by atomic mass is 9.84. The van der Waals surface area contributed by atoms with E-state index in [1.165, 1.54) is 0 Å². The molecule has 1 spiro atoms. The Labute approximate surface area is 223 Å². The maximum absolute atomic E-state index is 12.7. The first-order valence-corrected chi connectivity index (χ1v) is 11.6. The minimum atomic E-state index is -5.08. The highest BCUT2D eigenvalue weighted by atomic mass is 19.4. The molecule has 4 heterocycles. The van der Waals surface area contributed by atoms with Crippen LogP contribution >= 0.6 is 0 Å². The number of rotatable bonds is 3. The van der Waals surface area contributed by atoms with Gasteiger partial charge in [-0.15, -0.1) is 0 Å². The van der Waals surface area contributed by atoms with E-state index in [-0.39, 0.29) is 17.4 Å². The van der Waals surface area contributed by atoms with Crippen LogP contribution in [0.3, 0.4) is 0 Å². The van der Waals surface area contributed by atoms with Crippen LogP contribution in [0.25, 0.3) is 0 Å². The molecule has 2 aliphatic heterocycles.